The Labute approximate surface area is 174 Å². The van der Waals surface area contributed by atoms with E-state index in [1.54, 1.807) is 6.20 Å². The summed E-state index contributed by atoms with van der Waals surface area (Å²) in [7, 11) is 0. The van der Waals surface area contributed by atoms with Crippen molar-refractivity contribution in [3.63, 3.8) is 0 Å². The van der Waals surface area contributed by atoms with Gasteiger partial charge in [-0.25, -0.2) is 4.79 Å². The Morgan fingerprint density at radius 1 is 1.13 bits per heavy atom. The topological polar surface area (TPSA) is 54.0 Å². The van der Waals surface area contributed by atoms with Gasteiger partial charge in [0, 0.05) is 67.0 Å². The highest BCUT2D eigenvalue weighted by molar-refractivity contribution is 5.85. The minimum absolute atomic E-state index is 0.304. The number of anilines is 1. The summed E-state index contributed by atoms with van der Waals surface area (Å²) in [5.74, 6) is 0. The predicted octanol–water partition coefficient (Wildman–Crippen LogP) is 3.70. The maximum atomic E-state index is 12.8. The highest BCUT2D eigenvalue weighted by Gasteiger charge is 2.30. The average Bonchev–Trinajstić information content (AvgIpc) is 3.40. The molecule has 0 aliphatic carbocycles. The molecule has 2 aliphatic heterocycles. The smallest absolute Gasteiger partial charge is 0.344 e. The monoisotopic (exact) mass is 400 g/mol. The number of nitrogens with zero attached hydrogens (tertiary/aromatic N) is 4. The number of aromatic nitrogens is 2. The minimum atomic E-state index is -0.304. The molecule has 0 saturated carbocycles. The molecule has 3 aromatic heterocycles. The van der Waals surface area contributed by atoms with Crippen LogP contribution in [0.5, 0.6) is 0 Å². The van der Waals surface area contributed by atoms with Gasteiger partial charge in [-0.3, -0.25) is 9.88 Å². The molecule has 5 heterocycles. The van der Waals surface area contributed by atoms with Crippen LogP contribution in [0.4, 0.5) is 5.69 Å². The van der Waals surface area contributed by atoms with Crippen LogP contribution in [0.2, 0.25) is 0 Å². The second-order valence-electron chi connectivity index (χ2n) is 8.48. The van der Waals surface area contributed by atoms with E-state index < -0.39 is 0 Å². The first kappa shape index (κ1) is 17.7. The average molecular weight is 400 g/mol. The number of aryl methyl sites for hydroxylation is 1. The Morgan fingerprint density at radius 3 is 2.97 bits per heavy atom. The van der Waals surface area contributed by atoms with Crippen LogP contribution >= 0.6 is 0 Å². The van der Waals surface area contributed by atoms with Crippen LogP contribution in [0.1, 0.15) is 18.5 Å². The second-order valence-corrected chi connectivity index (χ2v) is 8.48. The lowest BCUT2D eigenvalue weighted by Gasteiger charge is -2.38. The standard InChI is InChI=1S/C24H24N4O2/c1-16-22-12-18(14-28(22)8-6-25-16)21-11-17-4-5-19(13-23(17)30-24(21)29)27-10-9-26-7-2-3-20(26)15-27/h4-6,8,11-14,20H,2-3,7,9-10,15H2,1H3/t20-/m0/s1. The van der Waals surface area contributed by atoms with E-state index in [0.717, 1.165) is 47.5 Å². The van der Waals surface area contributed by atoms with Crippen molar-refractivity contribution in [3.8, 4) is 11.1 Å². The van der Waals surface area contributed by atoms with Gasteiger partial charge in [-0.05, 0) is 50.6 Å². The molecular formula is C24H24N4O2. The molecule has 0 radical (unpaired) electrons. The van der Waals surface area contributed by atoms with Crippen LogP contribution in [0.15, 0.2) is 58.1 Å². The van der Waals surface area contributed by atoms with Gasteiger partial charge in [0.05, 0.1) is 16.8 Å². The Balaban J connectivity index is 1.37. The number of piperazine rings is 1. The molecule has 0 amide bonds. The zero-order chi connectivity index (χ0) is 20.2. The van der Waals surface area contributed by atoms with E-state index in [1.807, 2.05) is 41.9 Å². The molecule has 30 heavy (non-hydrogen) atoms. The van der Waals surface area contributed by atoms with Gasteiger partial charge in [-0.1, -0.05) is 0 Å². The maximum absolute atomic E-state index is 12.8. The summed E-state index contributed by atoms with van der Waals surface area (Å²) in [4.78, 5) is 22.2. The third kappa shape index (κ3) is 2.82. The number of rotatable bonds is 2. The first-order chi connectivity index (χ1) is 14.7. The van der Waals surface area contributed by atoms with Gasteiger partial charge in [-0.2, -0.15) is 0 Å². The van der Waals surface area contributed by atoms with E-state index in [4.69, 9.17) is 4.42 Å². The molecule has 0 unspecified atom stereocenters. The lowest BCUT2D eigenvalue weighted by molar-refractivity contribution is 0.231. The number of hydrogen-bond donors (Lipinski definition) is 0. The van der Waals surface area contributed by atoms with E-state index >= 15 is 0 Å². The molecule has 0 spiro atoms. The molecule has 1 aromatic carbocycles. The van der Waals surface area contributed by atoms with Gasteiger partial charge >= 0.3 is 5.63 Å². The fourth-order valence-corrected chi connectivity index (χ4v) is 5.05. The van der Waals surface area contributed by atoms with Gasteiger partial charge < -0.3 is 13.7 Å². The van der Waals surface area contributed by atoms with Gasteiger partial charge in [0.25, 0.3) is 0 Å². The summed E-state index contributed by atoms with van der Waals surface area (Å²) in [5.41, 5.74) is 4.84. The minimum Gasteiger partial charge on any atom is -0.422 e. The van der Waals surface area contributed by atoms with Crippen molar-refractivity contribution >= 4 is 22.2 Å². The molecular weight excluding hydrogens is 376 g/mol. The Kier molecular flexibility index (Phi) is 3.96. The quantitative estimate of drug-likeness (QED) is 0.480. The predicted molar refractivity (Wildman–Crippen MR) is 118 cm³/mol. The SMILES string of the molecule is Cc1nccn2cc(-c3cc4ccc(N5CCN6CCC[C@H]6C5)cc4oc3=O)cc12. The van der Waals surface area contributed by atoms with Gasteiger partial charge in [0.1, 0.15) is 5.58 Å². The Morgan fingerprint density at radius 2 is 2.07 bits per heavy atom. The molecule has 0 N–H and O–H groups in total. The van der Waals surface area contributed by atoms with Gasteiger partial charge in [0.2, 0.25) is 0 Å². The molecule has 6 rings (SSSR count). The van der Waals surface area contributed by atoms with Crippen LogP contribution in [0.3, 0.4) is 0 Å². The van der Waals surface area contributed by atoms with Crippen molar-refractivity contribution in [3.05, 3.63) is 65.0 Å². The van der Waals surface area contributed by atoms with Crippen molar-refractivity contribution in [2.75, 3.05) is 31.1 Å². The molecule has 6 heteroatoms. The van der Waals surface area contributed by atoms with Crippen LogP contribution in [-0.2, 0) is 0 Å². The van der Waals surface area contributed by atoms with Crippen LogP contribution < -0.4 is 10.5 Å². The molecule has 2 saturated heterocycles. The van der Waals surface area contributed by atoms with Crippen LogP contribution in [0.25, 0.3) is 27.6 Å². The van der Waals surface area contributed by atoms with E-state index in [1.165, 1.54) is 19.4 Å². The second kappa shape index (κ2) is 6.71. The zero-order valence-electron chi connectivity index (χ0n) is 17.0. The lowest BCUT2D eigenvalue weighted by atomic mass is 10.1. The number of fused-ring (bicyclic) bond motifs is 3. The Bertz CT molecular complexity index is 1320. The molecule has 1 atom stereocenters. The van der Waals surface area contributed by atoms with E-state index in [0.29, 0.717) is 17.2 Å². The van der Waals surface area contributed by atoms with Crippen LogP contribution in [0, 0.1) is 6.92 Å². The van der Waals surface area contributed by atoms with Crippen molar-refractivity contribution in [1.29, 1.82) is 0 Å². The summed E-state index contributed by atoms with van der Waals surface area (Å²) in [6.45, 7) is 6.39. The van der Waals surface area contributed by atoms with Crippen molar-refractivity contribution in [1.82, 2.24) is 14.3 Å². The molecule has 152 valence electrons. The van der Waals surface area contributed by atoms with E-state index in [2.05, 4.69) is 26.9 Å². The highest BCUT2D eigenvalue weighted by Crippen LogP contribution is 2.29. The largest absolute Gasteiger partial charge is 0.422 e. The first-order valence-corrected chi connectivity index (χ1v) is 10.7. The fourth-order valence-electron chi connectivity index (χ4n) is 5.05. The van der Waals surface area contributed by atoms with Gasteiger partial charge in [-0.15, -0.1) is 0 Å². The first-order valence-electron chi connectivity index (χ1n) is 10.7. The summed E-state index contributed by atoms with van der Waals surface area (Å²) in [6.07, 6.45) is 8.20. The molecule has 0 bridgehead atoms. The zero-order valence-corrected chi connectivity index (χ0v) is 17.0. The summed E-state index contributed by atoms with van der Waals surface area (Å²) in [5, 5.41) is 0.943. The molecule has 2 fully saturated rings. The molecule has 4 aromatic rings. The summed E-state index contributed by atoms with van der Waals surface area (Å²) >= 11 is 0. The molecule has 6 nitrogen and oxygen atoms in total. The number of benzene rings is 1. The van der Waals surface area contributed by atoms with Crippen molar-refractivity contribution < 1.29 is 4.42 Å². The molecule has 2 aliphatic rings. The van der Waals surface area contributed by atoms with Gasteiger partial charge in [0.15, 0.2) is 0 Å². The normalized spacial score (nSPS) is 19.6. The third-order valence-electron chi connectivity index (χ3n) is 6.70. The lowest BCUT2D eigenvalue weighted by Crippen LogP contribution is -2.50. The van der Waals surface area contributed by atoms with Crippen molar-refractivity contribution in [2.45, 2.75) is 25.8 Å². The summed E-state index contributed by atoms with van der Waals surface area (Å²) < 4.78 is 7.77. The van der Waals surface area contributed by atoms with Crippen molar-refractivity contribution in [2.24, 2.45) is 0 Å². The highest BCUT2D eigenvalue weighted by atomic mass is 16.4. The maximum Gasteiger partial charge on any atom is 0.344 e. The Hall–Kier alpha value is -3.12. The number of hydrogen-bond acceptors (Lipinski definition) is 5. The summed E-state index contributed by atoms with van der Waals surface area (Å²) in [6, 6.07) is 10.8. The van der Waals surface area contributed by atoms with E-state index in [-0.39, 0.29) is 5.63 Å². The van der Waals surface area contributed by atoms with Crippen LogP contribution in [-0.4, -0.2) is 46.5 Å². The third-order valence-corrected chi connectivity index (χ3v) is 6.70. The van der Waals surface area contributed by atoms with E-state index in [9.17, 15) is 4.79 Å². The fraction of sp³-hybridized carbons (Fsp3) is 0.333.